The first-order valence-electron chi connectivity index (χ1n) is 19.8. The number of rotatable bonds is 16. The molecule has 0 saturated heterocycles. The van der Waals surface area contributed by atoms with Crippen molar-refractivity contribution in [1.29, 1.82) is 0 Å². The zero-order valence-electron chi connectivity index (χ0n) is 33.7. The van der Waals surface area contributed by atoms with Crippen molar-refractivity contribution in [2.24, 2.45) is 17.8 Å². The molecule has 0 aliphatic carbocycles. The van der Waals surface area contributed by atoms with Gasteiger partial charge in [-0.3, -0.25) is 24.0 Å². The summed E-state index contributed by atoms with van der Waals surface area (Å²) in [6.07, 6.45) is 1.93. The summed E-state index contributed by atoms with van der Waals surface area (Å²) in [6.45, 7) is 13.7. The Bertz CT molecular complexity index is 1520. The van der Waals surface area contributed by atoms with Gasteiger partial charge in [-0.05, 0) is 73.1 Å². The molecule has 0 spiro atoms. The fraction of sp³-hybridized carbons (Fsp3) is 0.595. The molecule has 304 valence electrons. The summed E-state index contributed by atoms with van der Waals surface area (Å²) in [5, 5.41) is 29.5. The first-order chi connectivity index (χ1) is 26.2. The largest absolute Gasteiger partial charge is 0.494 e. The lowest BCUT2D eigenvalue weighted by Gasteiger charge is -2.31. The van der Waals surface area contributed by atoms with Crippen molar-refractivity contribution in [2.45, 2.75) is 123 Å². The topological polar surface area (TPSA) is 187 Å². The van der Waals surface area contributed by atoms with Gasteiger partial charge in [0.25, 0.3) is 0 Å². The maximum absolute atomic E-state index is 14.0. The van der Waals surface area contributed by atoms with E-state index >= 15 is 0 Å². The lowest BCUT2D eigenvalue weighted by Crippen LogP contribution is -2.60. The summed E-state index contributed by atoms with van der Waals surface area (Å²) in [7, 11) is 0. The molecule has 13 nitrogen and oxygen atoms in total. The molecule has 2 aliphatic rings. The van der Waals surface area contributed by atoms with Crippen molar-refractivity contribution in [1.82, 2.24) is 31.9 Å². The average molecular weight is 765 g/mol. The molecule has 0 unspecified atom stereocenters. The third-order valence-electron chi connectivity index (χ3n) is 9.92. The van der Waals surface area contributed by atoms with Crippen LogP contribution in [0.3, 0.4) is 0 Å². The van der Waals surface area contributed by atoms with Crippen LogP contribution in [0.15, 0.2) is 54.6 Å². The fourth-order valence-electron chi connectivity index (χ4n) is 6.48. The number of carbonyl (C=O) groups is 5. The molecular formula is C42H64N6O7. The maximum atomic E-state index is 14.0. The highest BCUT2D eigenvalue weighted by atomic mass is 16.5. The molecule has 7 N–H and O–H groups in total. The minimum Gasteiger partial charge on any atom is -0.494 e. The van der Waals surface area contributed by atoms with Gasteiger partial charge in [-0.1, -0.05) is 90.4 Å². The van der Waals surface area contributed by atoms with Crippen molar-refractivity contribution in [3.8, 4) is 5.75 Å². The van der Waals surface area contributed by atoms with Crippen LogP contribution in [-0.2, 0) is 36.8 Å². The molecule has 0 radical (unpaired) electrons. The molecule has 2 aromatic carbocycles. The molecule has 5 amide bonds. The Morgan fingerprint density at radius 3 is 2.20 bits per heavy atom. The summed E-state index contributed by atoms with van der Waals surface area (Å²) >= 11 is 0. The Balaban J connectivity index is 1.86. The Kier molecular flexibility index (Phi) is 18.6. The lowest BCUT2D eigenvalue weighted by molar-refractivity contribution is -0.133. The minimum atomic E-state index is -1.17. The van der Waals surface area contributed by atoms with Gasteiger partial charge in [-0.2, -0.15) is 0 Å². The number of ether oxygens (including phenoxy) is 1. The van der Waals surface area contributed by atoms with Gasteiger partial charge < -0.3 is 41.7 Å². The first kappa shape index (κ1) is 44.9. The normalized spacial score (nSPS) is 19.6. The van der Waals surface area contributed by atoms with Crippen LogP contribution in [-0.4, -0.2) is 90.7 Å². The van der Waals surface area contributed by atoms with Crippen molar-refractivity contribution in [3.05, 3.63) is 65.7 Å². The van der Waals surface area contributed by atoms with Crippen LogP contribution in [0.1, 0.15) is 85.3 Å². The van der Waals surface area contributed by atoms with Gasteiger partial charge in [0.05, 0.1) is 24.8 Å². The summed E-state index contributed by atoms with van der Waals surface area (Å²) in [5.41, 5.74) is 1.72. The highest BCUT2D eigenvalue weighted by Crippen LogP contribution is 2.17. The number of fused-ring (bicyclic) bond motifs is 13. The van der Waals surface area contributed by atoms with E-state index in [0.717, 1.165) is 24.0 Å². The van der Waals surface area contributed by atoms with Gasteiger partial charge in [0.15, 0.2) is 0 Å². The highest BCUT2D eigenvalue weighted by Gasteiger charge is 2.33. The van der Waals surface area contributed by atoms with Crippen LogP contribution >= 0.6 is 0 Å². The Morgan fingerprint density at radius 1 is 0.891 bits per heavy atom. The molecule has 0 saturated carbocycles. The molecule has 2 aliphatic heterocycles. The van der Waals surface area contributed by atoms with E-state index in [1.165, 1.54) is 6.92 Å². The third-order valence-corrected chi connectivity index (χ3v) is 9.92. The van der Waals surface area contributed by atoms with Crippen LogP contribution in [0.5, 0.6) is 5.75 Å². The van der Waals surface area contributed by atoms with Crippen LogP contribution in [0.4, 0.5) is 0 Å². The van der Waals surface area contributed by atoms with E-state index in [9.17, 15) is 29.1 Å². The number of aliphatic hydroxyl groups excluding tert-OH is 1. The minimum absolute atomic E-state index is 0.0744. The maximum Gasteiger partial charge on any atom is 0.243 e. The predicted molar refractivity (Wildman–Crippen MR) is 213 cm³/mol. The number of carbonyl (C=O) groups excluding carboxylic acids is 5. The number of benzene rings is 2. The molecule has 2 heterocycles. The predicted octanol–water partition coefficient (Wildman–Crippen LogP) is 2.79. The second-order valence-corrected chi connectivity index (χ2v) is 15.5. The zero-order chi connectivity index (χ0) is 40.5. The molecular weight excluding hydrogens is 700 g/mol. The van der Waals surface area contributed by atoms with Gasteiger partial charge in [0.1, 0.15) is 23.9 Å². The van der Waals surface area contributed by atoms with Gasteiger partial charge in [0, 0.05) is 20.0 Å². The van der Waals surface area contributed by atoms with E-state index in [2.05, 4.69) is 31.9 Å². The molecule has 0 fully saturated rings. The number of amides is 5. The van der Waals surface area contributed by atoms with E-state index in [4.69, 9.17) is 4.74 Å². The van der Waals surface area contributed by atoms with Crippen LogP contribution in [0.2, 0.25) is 0 Å². The monoisotopic (exact) mass is 764 g/mol. The Hall–Kier alpha value is -4.49. The lowest BCUT2D eigenvalue weighted by atomic mass is 9.96. The Labute approximate surface area is 326 Å². The van der Waals surface area contributed by atoms with Gasteiger partial charge >= 0.3 is 0 Å². The summed E-state index contributed by atoms with van der Waals surface area (Å²) in [5.74, 6) is -1.55. The molecule has 2 aromatic rings. The molecule has 13 heteroatoms. The molecule has 7 atom stereocenters. The second kappa shape index (κ2) is 22.8. The van der Waals surface area contributed by atoms with E-state index in [1.54, 1.807) is 0 Å². The van der Waals surface area contributed by atoms with Crippen LogP contribution < -0.4 is 36.6 Å². The second-order valence-electron chi connectivity index (χ2n) is 15.5. The van der Waals surface area contributed by atoms with Crippen molar-refractivity contribution < 1.29 is 33.8 Å². The molecule has 55 heavy (non-hydrogen) atoms. The van der Waals surface area contributed by atoms with Crippen LogP contribution in [0.25, 0.3) is 0 Å². The van der Waals surface area contributed by atoms with E-state index in [0.29, 0.717) is 31.7 Å². The van der Waals surface area contributed by atoms with E-state index in [1.807, 2.05) is 96.1 Å². The van der Waals surface area contributed by atoms with E-state index in [-0.39, 0.29) is 54.9 Å². The summed E-state index contributed by atoms with van der Waals surface area (Å²) in [4.78, 5) is 66.5. The SMILES string of the molecule is CC[C@H](C)[C@@H]1NC(=O)[C@@H](NC[C@@H](O)[C@H](Cc2ccccc2)NC(=O)[C@@H](NC(=O)[C@H](CC(C)C)NC(C)=O)C(C)C)Cc2ccc(cc2)OCCCCNC1=O. The zero-order valence-corrected chi connectivity index (χ0v) is 33.7. The average Bonchev–Trinajstić information content (AvgIpc) is 3.14. The number of hydrogen-bond donors (Lipinski definition) is 7. The molecule has 0 aromatic heterocycles. The Morgan fingerprint density at radius 2 is 1.58 bits per heavy atom. The van der Waals surface area contributed by atoms with Gasteiger partial charge in [0.2, 0.25) is 29.5 Å². The smallest absolute Gasteiger partial charge is 0.243 e. The molecule has 2 bridgehead atoms. The third kappa shape index (κ3) is 15.3. The van der Waals surface area contributed by atoms with Gasteiger partial charge in [-0.15, -0.1) is 0 Å². The summed E-state index contributed by atoms with van der Waals surface area (Å²) < 4.78 is 5.88. The van der Waals surface area contributed by atoms with E-state index < -0.39 is 48.1 Å². The molecule has 4 rings (SSSR count). The highest BCUT2D eigenvalue weighted by molar-refractivity contribution is 5.92. The van der Waals surface area contributed by atoms with Crippen LogP contribution in [0, 0.1) is 17.8 Å². The summed E-state index contributed by atoms with van der Waals surface area (Å²) in [6, 6.07) is 12.8. The van der Waals surface area contributed by atoms with Crippen molar-refractivity contribution in [2.75, 3.05) is 19.7 Å². The fourth-order valence-corrected chi connectivity index (χ4v) is 6.48. The quantitative estimate of drug-likeness (QED) is 0.136. The van der Waals surface area contributed by atoms with Crippen molar-refractivity contribution in [3.63, 3.8) is 0 Å². The standard InChI is InChI=1S/C42H64N6O7/c1-8-28(6)38-41(53)43-20-12-13-21-55-32-18-16-31(17-19-32)24-34(39(51)48-38)44-25-36(50)33(23-30-14-10-9-11-15-30)46-42(54)37(27(4)5)47-40(52)35(22-26(2)3)45-29(7)49/h9-11,14-19,26-28,33-38,44,50H,8,12-13,20-25H2,1-7H3,(H,43,53)(H,45,49)(H,46,54)(H,47,52)(H,48,51)/t28-,33-,34-,35-,36+,37-,38-/m0/s1. The number of nitrogens with one attached hydrogen (secondary N) is 6. The number of hydrogen-bond acceptors (Lipinski definition) is 8. The number of aliphatic hydroxyl groups is 1. The van der Waals surface area contributed by atoms with Gasteiger partial charge in [-0.25, -0.2) is 0 Å². The van der Waals surface area contributed by atoms with Crippen molar-refractivity contribution >= 4 is 29.5 Å². The first-order valence-corrected chi connectivity index (χ1v) is 19.8.